The molecule has 0 aliphatic carbocycles. The Kier molecular flexibility index (Phi) is 6.22. The van der Waals surface area contributed by atoms with Crippen molar-refractivity contribution in [1.82, 2.24) is 9.78 Å². The molecule has 4 rings (SSSR count). The second-order valence-electron chi connectivity index (χ2n) is 7.49. The molecule has 0 radical (unpaired) electrons. The molecule has 0 aliphatic rings. The van der Waals surface area contributed by atoms with Crippen molar-refractivity contribution in [3.8, 4) is 5.69 Å². The zero-order valence-electron chi connectivity index (χ0n) is 17.9. The standard InChI is InChI=1S/C24H21ClN4O3S/c1-16-3-7-20(8-4-16)28-33(31,32)22-13-9-19(10-14-22)26-15-23-17(2)27-29(24(23)30)21-11-5-18(25)6-12-21/h3-15,27-28H,1-2H3. The fraction of sp³-hybridized carbons (Fsp3) is 0.0833. The molecule has 4 aromatic rings. The number of aromatic amines is 1. The predicted octanol–water partition coefficient (Wildman–Crippen LogP) is 4.99. The number of aliphatic imine (C=N–C) groups is 1. The fourth-order valence-electron chi connectivity index (χ4n) is 3.17. The predicted molar refractivity (Wildman–Crippen MR) is 132 cm³/mol. The van der Waals surface area contributed by atoms with Gasteiger partial charge < -0.3 is 0 Å². The summed E-state index contributed by atoms with van der Waals surface area (Å²) in [5.41, 5.74) is 3.51. The van der Waals surface area contributed by atoms with Gasteiger partial charge in [-0.05, 0) is 74.5 Å². The third kappa shape index (κ3) is 5.08. The molecule has 9 heteroatoms. The molecule has 0 spiro atoms. The van der Waals surface area contributed by atoms with Gasteiger partial charge in [0.2, 0.25) is 0 Å². The topological polar surface area (TPSA) is 96.3 Å². The van der Waals surface area contributed by atoms with E-state index in [1.807, 2.05) is 19.1 Å². The van der Waals surface area contributed by atoms with Crippen LogP contribution in [0.3, 0.4) is 0 Å². The molecule has 0 saturated carbocycles. The Morgan fingerprint density at radius 1 is 0.939 bits per heavy atom. The third-order valence-electron chi connectivity index (χ3n) is 5.00. The lowest BCUT2D eigenvalue weighted by molar-refractivity contribution is 0.601. The maximum absolute atomic E-state index is 12.8. The smallest absolute Gasteiger partial charge is 0.280 e. The summed E-state index contributed by atoms with van der Waals surface area (Å²) >= 11 is 5.92. The summed E-state index contributed by atoms with van der Waals surface area (Å²) in [5, 5.41) is 3.60. The highest BCUT2D eigenvalue weighted by Gasteiger charge is 2.14. The number of benzene rings is 3. The number of nitrogens with one attached hydrogen (secondary N) is 2. The maximum atomic E-state index is 12.8. The van der Waals surface area contributed by atoms with Gasteiger partial charge in [0.15, 0.2) is 0 Å². The highest BCUT2D eigenvalue weighted by Crippen LogP contribution is 2.20. The summed E-state index contributed by atoms with van der Waals surface area (Å²) < 4.78 is 29.2. The highest BCUT2D eigenvalue weighted by molar-refractivity contribution is 7.92. The molecule has 0 saturated heterocycles. The van der Waals surface area contributed by atoms with E-state index in [-0.39, 0.29) is 10.5 Å². The lowest BCUT2D eigenvalue weighted by Crippen LogP contribution is -2.17. The van der Waals surface area contributed by atoms with Crippen molar-refractivity contribution in [1.29, 1.82) is 0 Å². The van der Waals surface area contributed by atoms with Crippen molar-refractivity contribution in [2.24, 2.45) is 4.99 Å². The molecule has 2 N–H and O–H groups in total. The van der Waals surface area contributed by atoms with Crippen LogP contribution in [0.4, 0.5) is 11.4 Å². The van der Waals surface area contributed by atoms with Crippen LogP contribution in [0.1, 0.15) is 16.8 Å². The van der Waals surface area contributed by atoms with Crippen LogP contribution in [0.25, 0.3) is 5.69 Å². The van der Waals surface area contributed by atoms with Crippen molar-refractivity contribution < 1.29 is 8.42 Å². The van der Waals surface area contributed by atoms with Crippen molar-refractivity contribution in [2.75, 3.05) is 4.72 Å². The summed E-state index contributed by atoms with van der Waals surface area (Å²) in [6.45, 7) is 3.71. The number of hydrogen-bond acceptors (Lipinski definition) is 4. The summed E-state index contributed by atoms with van der Waals surface area (Å²) in [6.07, 6.45) is 1.47. The first-order valence-corrected chi connectivity index (χ1v) is 11.9. The van der Waals surface area contributed by atoms with Crippen LogP contribution in [0.15, 0.2) is 87.5 Å². The van der Waals surface area contributed by atoms with Crippen LogP contribution in [0, 0.1) is 13.8 Å². The molecule has 0 amide bonds. The van der Waals surface area contributed by atoms with Gasteiger partial charge in [0, 0.05) is 22.6 Å². The number of halogens is 1. The van der Waals surface area contributed by atoms with E-state index in [2.05, 4.69) is 14.8 Å². The molecule has 0 bridgehead atoms. The van der Waals surface area contributed by atoms with Gasteiger partial charge >= 0.3 is 0 Å². The zero-order valence-corrected chi connectivity index (χ0v) is 19.5. The molecule has 0 fully saturated rings. The molecule has 1 heterocycles. The Hall–Kier alpha value is -3.62. The average Bonchev–Trinajstić information content (AvgIpc) is 3.08. The Bertz CT molecular complexity index is 1470. The van der Waals surface area contributed by atoms with Gasteiger partial charge in [-0.25, -0.2) is 13.1 Å². The number of aryl methyl sites for hydroxylation is 2. The second kappa shape index (κ2) is 9.09. The zero-order chi connectivity index (χ0) is 23.6. The van der Waals surface area contributed by atoms with E-state index < -0.39 is 10.0 Å². The van der Waals surface area contributed by atoms with Crippen molar-refractivity contribution in [2.45, 2.75) is 18.7 Å². The number of rotatable bonds is 6. The van der Waals surface area contributed by atoms with E-state index in [0.717, 1.165) is 5.56 Å². The quantitative estimate of drug-likeness (QED) is 0.380. The molecule has 33 heavy (non-hydrogen) atoms. The minimum Gasteiger partial charge on any atom is -0.295 e. The largest absolute Gasteiger partial charge is 0.295 e. The van der Waals surface area contributed by atoms with Crippen molar-refractivity contribution in [3.63, 3.8) is 0 Å². The third-order valence-corrected chi connectivity index (χ3v) is 6.64. The Morgan fingerprint density at radius 3 is 2.21 bits per heavy atom. The Morgan fingerprint density at radius 2 is 1.58 bits per heavy atom. The molecule has 0 unspecified atom stereocenters. The minimum atomic E-state index is -3.72. The lowest BCUT2D eigenvalue weighted by atomic mass is 10.2. The van der Waals surface area contributed by atoms with E-state index in [4.69, 9.17) is 11.6 Å². The van der Waals surface area contributed by atoms with Crippen LogP contribution >= 0.6 is 11.6 Å². The molecule has 0 aliphatic heterocycles. The van der Waals surface area contributed by atoms with Gasteiger partial charge in [-0.2, -0.15) is 0 Å². The number of hydrogen-bond donors (Lipinski definition) is 2. The first kappa shape index (κ1) is 22.6. The van der Waals surface area contributed by atoms with Crippen molar-refractivity contribution >= 4 is 39.2 Å². The van der Waals surface area contributed by atoms with Gasteiger partial charge in [-0.3, -0.25) is 19.6 Å². The minimum absolute atomic E-state index is 0.116. The summed E-state index contributed by atoms with van der Waals surface area (Å²) in [6, 6.07) is 20.1. The maximum Gasteiger partial charge on any atom is 0.280 e. The van der Waals surface area contributed by atoms with Crippen LogP contribution in [0.2, 0.25) is 5.02 Å². The van der Waals surface area contributed by atoms with Gasteiger partial charge in [0.05, 0.1) is 21.8 Å². The normalized spacial score (nSPS) is 11.7. The van der Waals surface area contributed by atoms with E-state index in [9.17, 15) is 13.2 Å². The van der Waals surface area contributed by atoms with E-state index in [1.54, 1.807) is 55.5 Å². The van der Waals surface area contributed by atoms with Crippen LogP contribution < -0.4 is 10.3 Å². The molecule has 0 atom stereocenters. The first-order chi connectivity index (χ1) is 15.7. The summed E-state index contributed by atoms with van der Waals surface area (Å²) in [7, 11) is -3.72. The molecule has 3 aromatic carbocycles. The van der Waals surface area contributed by atoms with Gasteiger partial charge in [0.1, 0.15) is 0 Å². The lowest BCUT2D eigenvalue weighted by Gasteiger charge is -2.08. The van der Waals surface area contributed by atoms with E-state index >= 15 is 0 Å². The second-order valence-corrected chi connectivity index (χ2v) is 9.61. The Balaban J connectivity index is 1.53. The van der Waals surface area contributed by atoms with Crippen LogP contribution in [0.5, 0.6) is 0 Å². The number of H-pyrrole nitrogens is 1. The number of anilines is 1. The molecule has 168 valence electrons. The molecular weight excluding hydrogens is 460 g/mol. The van der Waals surface area contributed by atoms with Gasteiger partial charge in [0.25, 0.3) is 15.6 Å². The van der Waals surface area contributed by atoms with Crippen LogP contribution in [-0.4, -0.2) is 24.4 Å². The van der Waals surface area contributed by atoms with E-state index in [1.165, 1.54) is 23.0 Å². The van der Waals surface area contributed by atoms with Gasteiger partial charge in [-0.15, -0.1) is 0 Å². The monoisotopic (exact) mass is 480 g/mol. The average molecular weight is 481 g/mol. The van der Waals surface area contributed by atoms with Gasteiger partial charge in [-0.1, -0.05) is 29.3 Å². The van der Waals surface area contributed by atoms with Crippen molar-refractivity contribution in [3.05, 3.63) is 105 Å². The SMILES string of the molecule is Cc1ccc(NS(=O)(=O)c2ccc(N=Cc3c(C)[nH]n(-c4ccc(Cl)cc4)c3=O)cc2)cc1. The van der Waals surface area contributed by atoms with Crippen LogP contribution in [-0.2, 0) is 10.0 Å². The number of sulfonamides is 1. The number of nitrogens with zero attached hydrogens (tertiary/aromatic N) is 2. The molecular formula is C24H21ClN4O3S. The Labute approximate surface area is 196 Å². The summed E-state index contributed by atoms with van der Waals surface area (Å²) in [4.78, 5) is 17.3. The fourth-order valence-corrected chi connectivity index (χ4v) is 4.35. The molecule has 7 nitrogen and oxygen atoms in total. The summed E-state index contributed by atoms with van der Waals surface area (Å²) in [5.74, 6) is 0. The number of aromatic nitrogens is 2. The first-order valence-electron chi connectivity index (χ1n) is 10.0. The molecule has 1 aromatic heterocycles. The van der Waals surface area contributed by atoms with E-state index in [0.29, 0.717) is 33.3 Å². The highest BCUT2D eigenvalue weighted by atomic mass is 35.5.